The van der Waals surface area contributed by atoms with Crippen molar-refractivity contribution in [1.29, 1.82) is 0 Å². The molecule has 1 aliphatic heterocycles. The third-order valence-electron chi connectivity index (χ3n) is 1.95. The van der Waals surface area contributed by atoms with Gasteiger partial charge in [0.1, 0.15) is 6.17 Å². The van der Waals surface area contributed by atoms with E-state index in [4.69, 9.17) is 9.84 Å². The Balaban J connectivity index is 2.24. The molecule has 0 aliphatic carbocycles. The first-order chi connectivity index (χ1) is 4.84. The van der Waals surface area contributed by atoms with E-state index in [1.165, 1.54) is 0 Å². The highest BCUT2D eigenvalue weighted by molar-refractivity contribution is 4.70. The molecule has 10 heavy (non-hydrogen) atoms. The highest BCUT2D eigenvalue weighted by atomic mass is 19.1. The maximum atomic E-state index is 12.7. The molecular formula is C7H13FO2. The van der Waals surface area contributed by atoms with Gasteiger partial charge in [-0.25, -0.2) is 4.39 Å². The van der Waals surface area contributed by atoms with Crippen molar-refractivity contribution in [3.63, 3.8) is 0 Å². The van der Waals surface area contributed by atoms with Crippen molar-refractivity contribution in [3.8, 4) is 0 Å². The van der Waals surface area contributed by atoms with E-state index >= 15 is 0 Å². The van der Waals surface area contributed by atoms with Crippen molar-refractivity contribution < 1.29 is 14.2 Å². The third kappa shape index (κ3) is 1.92. The van der Waals surface area contributed by atoms with E-state index < -0.39 is 6.17 Å². The molecule has 0 unspecified atom stereocenters. The molecule has 0 saturated carbocycles. The zero-order valence-electron chi connectivity index (χ0n) is 5.92. The SMILES string of the molecule is OC[C@@H](F)C1CCOCC1. The second kappa shape index (κ2) is 3.88. The number of aliphatic hydroxyl groups excluding tert-OH is 1. The highest BCUT2D eigenvalue weighted by Gasteiger charge is 2.22. The van der Waals surface area contributed by atoms with E-state index in [9.17, 15) is 4.39 Å². The fourth-order valence-electron chi connectivity index (χ4n) is 1.23. The Labute approximate surface area is 60.0 Å². The van der Waals surface area contributed by atoms with Gasteiger partial charge < -0.3 is 9.84 Å². The molecule has 1 saturated heterocycles. The van der Waals surface area contributed by atoms with Gasteiger partial charge in [0.2, 0.25) is 0 Å². The van der Waals surface area contributed by atoms with Crippen molar-refractivity contribution in [2.24, 2.45) is 5.92 Å². The molecule has 1 rings (SSSR count). The number of halogens is 1. The van der Waals surface area contributed by atoms with Gasteiger partial charge >= 0.3 is 0 Å². The van der Waals surface area contributed by atoms with Crippen LogP contribution in [0.5, 0.6) is 0 Å². The monoisotopic (exact) mass is 148 g/mol. The molecule has 0 aromatic heterocycles. The fraction of sp³-hybridized carbons (Fsp3) is 1.00. The molecule has 1 fully saturated rings. The fourth-order valence-corrected chi connectivity index (χ4v) is 1.23. The number of alkyl halides is 1. The van der Waals surface area contributed by atoms with Crippen LogP contribution in [-0.4, -0.2) is 31.1 Å². The normalized spacial score (nSPS) is 24.6. The van der Waals surface area contributed by atoms with Gasteiger partial charge in [-0.3, -0.25) is 0 Å². The quantitative estimate of drug-likeness (QED) is 0.626. The van der Waals surface area contributed by atoms with E-state index in [1.807, 2.05) is 0 Å². The summed E-state index contributed by atoms with van der Waals surface area (Å²) in [5, 5.41) is 8.47. The van der Waals surface area contributed by atoms with Crippen molar-refractivity contribution in [2.45, 2.75) is 19.0 Å². The molecule has 0 aromatic rings. The summed E-state index contributed by atoms with van der Waals surface area (Å²) in [4.78, 5) is 0. The minimum absolute atomic E-state index is 0.0266. The maximum absolute atomic E-state index is 12.7. The summed E-state index contributed by atoms with van der Waals surface area (Å²) in [7, 11) is 0. The van der Waals surface area contributed by atoms with Crippen LogP contribution in [0.4, 0.5) is 4.39 Å². The van der Waals surface area contributed by atoms with Crippen LogP contribution in [0.1, 0.15) is 12.8 Å². The van der Waals surface area contributed by atoms with Gasteiger partial charge in [-0.2, -0.15) is 0 Å². The summed E-state index contributed by atoms with van der Waals surface area (Å²) in [6.45, 7) is 0.945. The standard InChI is InChI=1S/C7H13FO2/c8-7(5-9)6-1-3-10-4-2-6/h6-7,9H,1-5H2/t7-/m1/s1. The van der Waals surface area contributed by atoms with E-state index in [0.29, 0.717) is 13.2 Å². The Morgan fingerprint density at radius 2 is 2.10 bits per heavy atom. The zero-order chi connectivity index (χ0) is 7.40. The second-order valence-corrected chi connectivity index (χ2v) is 2.65. The van der Waals surface area contributed by atoms with E-state index in [2.05, 4.69) is 0 Å². The molecule has 60 valence electrons. The molecule has 0 amide bonds. The number of ether oxygens (including phenoxy) is 1. The van der Waals surface area contributed by atoms with Gasteiger partial charge in [0, 0.05) is 13.2 Å². The predicted molar refractivity (Wildman–Crippen MR) is 35.5 cm³/mol. The van der Waals surface area contributed by atoms with Gasteiger partial charge in [0.15, 0.2) is 0 Å². The summed E-state index contributed by atoms with van der Waals surface area (Å²) in [6.07, 6.45) is 0.465. The van der Waals surface area contributed by atoms with Crippen molar-refractivity contribution >= 4 is 0 Å². The topological polar surface area (TPSA) is 29.5 Å². The Morgan fingerprint density at radius 1 is 1.50 bits per heavy atom. The summed E-state index contributed by atoms with van der Waals surface area (Å²) in [5.41, 5.74) is 0. The van der Waals surface area contributed by atoms with Crippen LogP contribution in [0.3, 0.4) is 0 Å². The molecule has 0 spiro atoms. The van der Waals surface area contributed by atoms with Gasteiger partial charge in [-0.15, -0.1) is 0 Å². The van der Waals surface area contributed by atoms with Crippen LogP contribution in [-0.2, 0) is 4.74 Å². The average molecular weight is 148 g/mol. The summed E-state index contributed by atoms with van der Waals surface area (Å²) in [6, 6.07) is 0. The smallest absolute Gasteiger partial charge is 0.126 e. The predicted octanol–water partition coefficient (Wildman–Crippen LogP) is 0.743. The third-order valence-corrected chi connectivity index (χ3v) is 1.95. The zero-order valence-corrected chi connectivity index (χ0v) is 5.92. The Kier molecular flexibility index (Phi) is 3.09. The van der Waals surface area contributed by atoms with Crippen molar-refractivity contribution in [2.75, 3.05) is 19.8 Å². The molecule has 1 heterocycles. The summed E-state index contributed by atoms with van der Waals surface area (Å²) < 4.78 is 17.8. The molecule has 0 bridgehead atoms. The molecule has 2 nitrogen and oxygen atoms in total. The molecule has 0 radical (unpaired) electrons. The average Bonchev–Trinajstić information content (AvgIpc) is 2.05. The molecule has 0 aromatic carbocycles. The highest BCUT2D eigenvalue weighted by Crippen LogP contribution is 2.20. The Bertz CT molecular complexity index is 91.6. The van der Waals surface area contributed by atoms with Gasteiger partial charge in [0.25, 0.3) is 0 Å². The first-order valence-electron chi connectivity index (χ1n) is 3.67. The van der Waals surface area contributed by atoms with Gasteiger partial charge in [-0.1, -0.05) is 0 Å². The maximum Gasteiger partial charge on any atom is 0.126 e. The van der Waals surface area contributed by atoms with Crippen LogP contribution in [0.2, 0.25) is 0 Å². The lowest BCUT2D eigenvalue weighted by Crippen LogP contribution is -2.26. The lowest BCUT2D eigenvalue weighted by Gasteiger charge is -2.23. The molecular weight excluding hydrogens is 135 g/mol. The van der Waals surface area contributed by atoms with Crippen LogP contribution >= 0.6 is 0 Å². The summed E-state index contributed by atoms with van der Waals surface area (Å²) in [5.74, 6) is 0.0266. The largest absolute Gasteiger partial charge is 0.393 e. The van der Waals surface area contributed by atoms with Crippen LogP contribution in [0.15, 0.2) is 0 Å². The Hall–Kier alpha value is -0.150. The molecule has 3 heteroatoms. The molecule has 1 aliphatic rings. The van der Waals surface area contributed by atoms with E-state index in [1.54, 1.807) is 0 Å². The van der Waals surface area contributed by atoms with Crippen LogP contribution in [0.25, 0.3) is 0 Å². The van der Waals surface area contributed by atoms with Gasteiger partial charge in [-0.05, 0) is 18.8 Å². The minimum atomic E-state index is -1.04. The Morgan fingerprint density at radius 3 is 2.60 bits per heavy atom. The minimum Gasteiger partial charge on any atom is -0.393 e. The van der Waals surface area contributed by atoms with Gasteiger partial charge in [0.05, 0.1) is 6.61 Å². The number of hydrogen-bond donors (Lipinski definition) is 1. The van der Waals surface area contributed by atoms with Crippen LogP contribution < -0.4 is 0 Å². The lowest BCUT2D eigenvalue weighted by molar-refractivity contribution is 0.0207. The number of rotatable bonds is 2. The van der Waals surface area contributed by atoms with Crippen molar-refractivity contribution in [3.05, 3.63) is 0 Å². The first kappa shape index (κ1) is 7.95. The van der Waals surface area contributed by atoms with Crippen LogP contribution in [0, 0.1) is 5.92 Å². The molecule has 1 atom stereocenters. The number of hydrogen-bond acceptors (Lipinski definition) is 2. The first-order valence-corrected chi connectivity index (χ1v) is 3.67. The lowest BCUT2D eigenvalue weighted by atomic mass is 9.95. The number of aliphatic hydroxyl groups is 1. The van der Waals surface area contributed by atoms with Crippen molar-refractivity contribution in [1.82, 2.24) is 0 Å². The summed E-state index contributed by atoms with van der Waals surface area (Å²) >= 11 is 0. The molecule has 1 N–H and O–H groups in total. The van der Waals surface area contributed by atoms with E-state index in [0.717, 1.165) is 12.8 Å². The van der Waals surface area contributed by atoms with E-state index in [-0.39, 0.29) is 12.5 Å². The second-order valence-electron chi connectivity index (χ2n) is 2.65.